The lowest BCUT2D eigenvalue weighted by Gasteiger charge is -2.27. The van der Waals surface area contributed by atoms with E-state index >= 15 is 0 Å². The van der Waals surface area contributed by atoms with Crippen LogP contribution in [0.15, 0.2) is 0 Å². The fraction of sp³-hybridized carbons (Fsp3) is 1.00. The Labute approximate surface area is 75.7 Å². The lowest BCUT2D eigenvalue weighted by atomic mass is 10.1. The van der Waals surface area contributed by atoms with Crippen molar-refractivity contribution in [2.45, 2.75) is 45.1 Å². The summed E-state index contributed by atoms with van der Waals surface area (Å²) in [6, 6.07) is 0. The highest BCUT2D eigenvalue weighted by Gasteiger charge is 2.15. The molecule has 1 heterocycles. The lowest BCUT2D eigenvalue weighted by Crippen LogP contribution is -2.48. The molecule has 1 aliphatic heterocycles. The van der Waals surface area contributed by atoms with Crippen LogP contribution in [0.25, 0.3) is 0 Å². The van der Waals surface area contributed by atoms with Crippen molar-refractivity contribution in [3.8, 4) is 0 Å². The monoisotopic (exact) mass is 171 g/mol. The molecule has 1 saturated heterocycles. The number of nitrogens with one attached hydrogen (secondary N) is 1. The molecule has 0 saturated carbocycles. The first-order valence-electron chi connectivity index (χ1n) is 5.26. The molecule has 0 atom stereocenters. The van der Waals surface area contributed by atoms with Crippen LogP contribution < -0.4 is 5.32 Å². The van der Waals surface area contributed by atoms with E-state index < -0.39 is 0 Å². The van der Waals surface area contributed by atoms with Crippen LogP contribution in [0.1, 0.15) is 39.0 Å². The SMILES string of the molecule is CCCCCCCOC1CNC1. The highest BCUT2D eigenvalue weighted by Crippen LogP contribution is 2.04. The van der Waals surface area contributed by atoms with E-state index in [1.165, 1.54) is 32.1 Å². The average molecular weight is 171 g/mol. The fourth-order valence-corrected chi connectivity index (χ4v) is 1.34. The van der Waals surface area contributed by atoms with Gasteiger partial charge in [0.05, 0.1) is 6.10 Å². The molecule has 0 spiro atoms. The Morgan fingerprint density at radius 2 is 1.92 bits per heavy atom. The quantitative estimate of drug-likeness (QED) is 0.591. The maximum absolute atomic E-state index is 5.60. The topological polar surface area (TPSA) is 21.3 Å². The number of hydrogen-bond acceptors (Lipinski definition) is 2. The summed E-state index contributed by atoms with van der Waals surface area (Å²) in [5.74, 6) is 0. The molecule has 1 fully saturated rings. The molecule has 0 radical (unpaired) electrons. The Balaban J connectivity index is 1.70. The van der Waals surface area contributed by atoms with Gasteiger partial charge in [-0.25, -0.2) is 0 Å². The molecule has 12 heavy (non-hydrogen) atoms. The van der Waals surface area contributed by atoms with Crippen molar-refractivity contribution in [1.29, 1.82) is 0 Å². The van der Waals surface area contributed by atoms with Gasteiger partial charge in [0.1, 0.15) is 0 Å². The molecule has 0 amide bonds. The number of ether oxygens (including phenoxy) is 1. The van der Waals surface area contributed by atoms with Crippen LogP contribution in [0, 0.1) is 0 Å². The average Bonchev–Trinajstić information content (AvgIpc) is 2.00. The third-order valence-corrected chi connectivity index (χ3v) is 2.35. The van der Waals surface area contributed by atoms with Crippen LogP contribution in [0.3, 0.4) is 0 Å². The summed E-state index contributed by atoms with van der Waals surface area (Å²) < 4.78 is 5.60. The van der Waals surface area contributed by atoms with Crippen LogP contribution in [-0.4, -0.2) is 25.8 Å². The zero-order valence-electron chi connectivity index (χ0n) is 8.14. The van der Waals surface area contributed by atoms with Crippen LogP contribution in [0.5, 0.6) is 0 Å². The van der Waals surface area contributed by atoms with Crippen molar-refractivity contribution < 1.29 is 4.74 Å². The van der Waals surface area contributed by atoms with Gasteiger partial charge in [-0.3, -0.25) is 0 Å². The zero-order valence-corrected chi connectivity index (χ0v) is 8.14. The van der Waals surface area contributed by atoms with Crippen LogP contribution >= 0.6 is 0 Å². The van der Waals surface area contributed by atoms with Crippen molar-refractivity contribution in [3.63, 3.8) is 0 Å². The van der Waals surface area contributed by atoms with Crippen LogP contribution in [-0.2, 0) is 4.74 Å². The molecule has 2 nitrogen and oxygen atoms in total. The molecule has 2 heteroatoms. The summed E-state index contributed by atoms with van der Waals surface area (Å²) in [5.41, 5.74) is 0. The highest BCUT2D eigenvalue weighted by atomic mass is 16.5. The maximum Gasteiger partial charge on any atom is 0.0823 e. The molecule has 0 bridgehead atoms. The summed E-state index contributed by atoms with van der Waals surface area (Å²) in [6.45, 7) is 5.34. The van der Waals surface area contributed by atoms with Crippen molar-refractivity contribution in [1.82, 2.24) is 5.32 Å². The molecule has 0 aromatic rings. The maximum atomic E-state index is 5.60. The summed E-state index contributed by atoms with van der Waals surface area (Å²) in [4.78, 5) is 0. The van der Waals surface area contributed by atoms with Gasteiger partial charge in [-0.15, -0.1) is 0 Å². The van der Waals surface area contributed by atoms with E-state index in [4.69, 9.17) is 4.74 Å². The van der Waals surface area contributed by atoms with Gasteiger partial charge in [0, 0.05) is 19.7 Å². The second-order valence-corrected chi connectivity index (χ2v) is 3.57. The largest absolute Gasteiger partial charge is 0.376 e. The van der Waals surface area contributed by atoms with Crippen molar-refractivity contribution in [2.24, 2.45) is 0 Å². The summed E-state index contributed by atoms with van der Waals surface area (Å²) in [6.07, 6.45) is 7.20. The van der Waals surface area contributed by atoms with E-state index in [0.717, 1.165) is 19.7 Å². The third-order valence-electron chi connectivity index (χ3n) is 2.35. The van der Waals surface area contributed by atoms with Gasteiger partial charge in [-0.1, -0.05) is 32.6 Å². The smallest absolute Gasteiger partial charge is 0.0823 e. The Morgan fingerprint density at radius 3 is 2.50 bits per heavy atom. The number of unbranched alkanes of at least 4 members (excludes halogenated alkanes) is 4. The minimum atomic E-state index is 0.524. The first-order chi connectivity index (χ1) is 5.93. The summed E-state index contributed by atoms with van der Waals surface area (Å²) >= 11 is 0. The Bertz CT molecular complexity index is 102. The van der Waals surface area contributed by atoms with Gasteiger partial charge in [0.2, 0.25) is 0 Å². The molecule has 72 valence electrons. The molecular formula is C10H21NO. The molecule has 1 rings (SSSR count). The Hall–Kier alpha value is -0.0800. The van der Waals surface area contributed by atoms with E-state index in [0.29, 0.717) is 6.10 Å². The van der Waals surface area contributed by atoms with Gasteiger partial charge < -0.3 is 10.1 Å². The van der Waals surface area contributed by atoms with Crippen LogP contribution in [0.2, 0.25) is 0 Å². The minimum absolute atomic E-state index is 0.524. The van der Waals surface area contributed by atoms with E-state index in [-0.39, 0.29) is 0 Å². The predicted molar refractivity (Wildman–Crippen MR) is 51.4 cm³/mol. The van der Waals surface area contributed by atoms with Crippen molar-refractivity contribution in [2.75, 3.05) is 19.7 Å². The molecule has 0 unspecified atom stereocenters. The van der Waals surface area contributed by atoms with Gasteiger partial charge in [-0.2, -0.15) is 0 Å². The van der Waals surface area contributed by atoms with Gasteiger partial charge in [-0.05, 0) is 6.42 Å². The fourth-order valence-electron chi connectivity index (χ4n) is 1.34. The molecule has 0 aromatic heterocycles. The molecule has 1 aliphatic rings. The molecular weight excluding hydrogens is 150 g/mol. The normalized spacial score (nSPS) is 17.8. The molecule has 0 aliphatic carbocycles. The van der Waals surface area contributed by atoms with Gasteiger partial charge >= 0.3 is 0 Å². The molecule has 0 aromatic carbocycles. The minimum Gasteiger partial charge on any atom is -0.376 e. The predicted octanol–water partition coefficient (Wildman–Crippen LogP) is 1.95. The Morgan fingerprint density at radius 1 is 1.17 bits per heavy atom. The number of rotatable bonds is 7. The standard InChI is InChI=1S/C10H21NO/c1-2-3-4-5-6-7-12-10-8-11-9-10/h10-11H,2-9H2,1H3. The Kier molecular flexibility index (Phi) is 5.37. The third kappa shape index (κ3) is 4.07. The van der Waals surface area contributed by atoms with Crippen LogP contribution in [0.4, 0.5) is 0 Å². The zero-order chi connectivity index (χ0) is 8.65. The highest BCUT2D eigenvalue weighted by molar-refractivity contribution is 4.74. The van der Waals surface area contributed by atoms with E-state index in [1.807, 2.05) is 0 Å². The lowest BCUT2D eigenvalue weighted by molar-refractivity contribution is 0.0169. The molecule has 1 N–H and O–H groups in total. The second kappa shape index (κ2) is 6.44. The van der Waals surface area contributed by atoms with Gasteiger partial charge in [0.15, 0.2) is 0 Å². The van der Waals surface area contributed by atoms with Crippen molar-refractivity contribution >= 4 is 0 Å². The van der Waals surface area contributed by atoms with Crippen molar-refractivity contribution in [3.05, 3.63) is 0 Å². The first-order valence-corrected chi connectivity index (χ1v) is 5.26. The summed E-state index contributed by atoms with van der Waals surface area (Å²) in [7, 11) is 0. The van der Waals surface area contributed by atoms with Gasteiger partial charge in [0.25, 0.3) is 0 Å². The van der Waals surface area contributed by atoms with E-state index in [9.17, 15) is 0 Å². The van der Waals surface area contributed by atoms with E-state index in [1.54, 1.807) is 0 Å². The summed E-state index contributed by atoms with van der Waals surface area (Å²) in [5, 5.41) is 3.20. The first kappa shape index (κ1) is 10.0. The second-order valence-electron chi connectivity index (χ2n) is 3.57. The number of hydrogen-bond donors (Lipinski definition) is 1. The van der Waals surface area contributed by atoms with E-state index in [2.05, 4.69) is 12.2 Å².